The molecular formula is C18H38O4Si2. The summed E-state index contributed by atoms with van der Waals surface area (Å²) in [5.41, 5.74) is 0. The van der Waals surface area contributed by atoms with Gasteiger partial charge in [0.15, 0.2) is 0 Å². The summed E-state index contributed by atoms with van der Waals surface area (Å²) in [6.07, 6.45) is 3.93. The van der Waals surface area contributed by atoms with Gasteiger partial charge in [-0.25, -0.2) is 0 Å². The molecule has 0 aromatic carbocycles. The fraction of sp³-hybridized carbons (Fsp3) is 0.889. The molecule has 0 spiro atoms. The number of carbonyl (C=O) groups is 2. The zero-order valence-corrected chi connectivity index (χ0v) is 18.5. The smallest absolute Gasteiger partial charge is 0.123 e. The van der Waals surface area contributed by atoms with Crippen LogP contribution in [0.25, 0.3) is 0 Å². The van der Waals surface area contributed by atoms with E-state index in [0.717, 1.165) is 25.7 Å². The average molecular weight is 375 g/mol. The molecule has 142 valence electrons. The van der Waals surface area contributed by atoms with Crippen molar-refractivity contribution in [2.75, 3.05) is 0 Å². The lowest BCUT2D eigenvalue weighted by Crippen LogP contribution is -2.33. The molecule has 0 heterocycles. The molecule has 24 heavy (non-hydrogen) atoms. The van der Waals surface area contributed by atoms with Gasteiger partial charge in [-0.15, -0.1) is 0 Å². The lowest BCUT2D eigenvalue weighted by atomic mass is 10.0. The SMILES string of the molecule is C[Si](C)(C)C(=O)CCCCC(O)C(O)CCCCC(=O)[Si](C)(C)C. The Kier molecular flexibility index (Phi) is 10.5. The zero-order valence-electron chi connectivity index (χ0n) is 16.5. The van der Waals surface area contributed by atoms with Crippen LogP contribution in [0.1, 0.15) is 51.4 Å². The molecule has 0 aliphatic carbocycles. The van der Waals surface area contributed by atoms with Crippen LogP contribution in [0.2, 0.25) is 39.3 Å². The molecule has 6 heteroatoms. The Hall–Kier alpha value is -0.306. The second kappa shape index (κ2) is 10.6. The Morgan fingerprint density at radius 3 is 1.21 bits per heavy atom. The number of carbonyl (C=O) groups excluding carboxylic acids is 2. The highest BCUT2D eigenvalue weighted by atomic mass is 28.3. The van der Waals surface area contributed by atoms with Crippen molar-refractivity contribution >= 4 is 27.0 Å². The summed E-state index contributed by atoms with van der Waals surface area (Å²) in [7, 11) is -3.36. The maximum Gasteiger partial charge on any atom is 0.123 e. The van der Waals surface area contributed by atoms with Crippen LogP contribution >= 0.6 is 0 Å². The molecular weight excluding hydrogens is 336 g/mol. The molecule has 0 aromatic rings. The average Bonchev–Trinajstić information content (AvgIpc) is 2.44. The van der Waals surface area contributed by atoms with Gasteiger partial charge in [0.05, 0.1) is 12.2 Å². The van der Waals surface area contributed by atoms with Crippen molar-refractivity contribution in [1.29, 1.82) is 0 Å². The molecule has 0 fully saturated rings. The van der Waals surface area contributed by atoms with E-state index in [1.807, 2.05) is 0 Å². The van der Waals surface area contributed by atoms with E-state index in [2.05, 4.69) is 39.3 Å². The Balaban J connectivity index is 3.83. The van der Waals surface area contributed by atoms with Gasteiger partial charge < -0.3 is 19.8 Å². The highest BCUT2D eigenvalue weighted by molar-refractivity contribution is 7.03. The number of hydrogen-bond donors (Lipinski definition) is 2. The molecule has 2 N–H and O–H groups in total. The minimum absolute atomic E-state index is 0.379. The van der Waals surface area contributed by atoms with Gasteiger partial charge in [0, 0.05) is 12.8 Å². The van der Waals surface area contributed by atoms with Crippen LogP contribution in [0.3, 0.4) is 0 Å². The summed E-state index contributed by atoms with van der Waals surface area (Å²) < 4.78 is 0. The molecule has 0 bridgehead atoms. The van der Waals surface area contributed by atoms with Crippen molar-refractivity contribution in [3.8, 4) is 0 Å². The van der Waals surface area contributed by atoms with Crippen molar-refractivity contribution < 1.29 is 19.8 Å². The summed E-state index contributed by atoms with van der Waals surface area (Å²) >= 11 is 0. The normalized spacial score (nSPS) is 15.2. The molecule has 0 saturated heterocycles. The highest BCUT2D eigenvalue weighted by Crippen LogP contribution is 2.15. The topological polar surface area (TPSA) is 74.6 Å². The number of unbranched alkanes of at least 4 members (excludes halogenated alkanes) is 2. The van der Waals surface area contributed by atoms with Crippen molar-refractivity contribution in [2.45, 2.75) is 103 Å². The second-order valence-corrected chi connectivity index (χ2v) is 19.1. The van der Waals surface area contributed by atoms with Gasteiger partial charge >= 0.3 is 0 Å². The number of rotatable bonds is 13. The number of hydrogen-bond acceptors (Lipinski definition) is 4. The predicted molar refractivity (Wildman–Crippen MR) is 106 cm³/mol. The molecule has 0 rings (SSSR count). The minimum Gasteiger partial charge on any atom is -0.390 e. The fourth-order valence-corrected chi connectivity index (χ4v) is 4.27. The maximum absolute atomic E-state index is 11.9. The molecule has 0 radical (unpaired) electrons. The molecule has 0 aliphatic heterocycles. The van der Waals surface area contributed by atoms with Gasteiger partial charge in [0.25, 0.3) is 0 Å². The Morgan fingerprint density at radius 1 is 0.667 bits per heavy atom. The van der Waals surface area contributed by atoms with Gasteiger partial charge in [-0.3, -0.25) is 0 Å². The first-order valence-corrected chi connectivity index (χ1v) is 16.3. The van der Waals surface area contributed by atoms with E-state index >= 15 is 0 Å². The van der Waals surface area contributed by atoms with Crippen LogP contribution < -0.4 is 0 Å². The summed E-state index contributed by atoms with van der Waals surface area (Å²) in [5, 5.41) is 20.7. The van der Waals surface area contributed by atoms with E-state index in [4.69, 9.17) is 0 Å². The molecule has 0 amide bonds. The van der Waals surface area contributed by atoms with E-state index in [-0.39, 0.29) is 0 Å². The quantitative estimate of drug-likeness (QED) is 0.380. The van der Waals surface area contributed by atoms with Crippen LogP contribution in [0.4, 0.5) is 0 Å². The third-order valence-corrected chi connectivity index (χ3v) is 8.27. The number of aliphatic hydroxyl groups is 2. The zero-order chi connectivity index (χ0) is 19.0. The molecule has 2 unspecified atom stereocenters. The van der Waals surface area contributed by atoms with Gasteiger partial charge in [-0.05, 0) is 25.7 Å². The van der Waals surface area contributed by atoms with Crippen LogP contribution in [0.15, 0.2) is 0 Å². The monoisotopic (exact) mass is 374 g/mol. The van der Waals surface area contributed by atoms with Gasteiger partial charge in [0.1, 0.15) is 27.0 Å². The summed E-state index contributed by atoms with van der Waals surface area (Å²) in [5.74, 6) is 0. The first kappa shape index (κ1) is 23.7. The summed E-state index contributed by atoms with van der Waals surface area (Å²) in [6.45, 7) is 12.3. The fourth-order valence-electron chi connectivity index (χ4n) is 2.41. The van der Waals surface area contributed by atoms with E-state index < -0.39 is 28.4 Å². The van der Waals surface area contributed by atoms with Crippen LogP contribution in [0, 0.1) is 0 Å². The predicted octanol–water partition coefficient (Wildman–Crippen LogP) is 3.72. The molecule has 0 saturated carbocycles. The van der Waals surface area contributed by atoms with E-state index in [9.17, 15) is 19.8 Å². The van der Waals surface area contributed by atoms with E-state index in [0.29, 0.717) is 36.5 Å². The Morgan fingerprint density at radius 2 is 0.958 bits per heavy atom. The second-order valence-electron chi connectivity index (χ2n) is 8.97. The van der Waals surface area contributed by atoms with Crippen LogP contribution in [-0.4, -0.2) is 49.4 Å². The number of aliphatic hydroxyl groups excluding tert-OH is 2. The van der Waals surface area contributed by atoms with Gasteiger partial charge in [-0.1, -0.05) is 52.1 Å². The first-order valence-electron chi connectivity index (χ1n) is 9.28. The lowest BCUT2D eigenvalue weighted by Gasteiger charge is -2.19. The Bertz CT molecular complexity index is 359. The van der Waals surface area contributed by atoms with Crippen molar-refractivity contribution in [2.24, 2.45) is 0 Å². The lowest BCUT2D eigenvalue weighted by molar-refractivity contribution is -0.113. The molecule has 0 aromatic heterocycles. The highest BCUT2D eigenvalue weighted by Gasteiger charge is 2.24. The van der Waals surface area contributed by atoms with Gasteiger partial charge in [-0.2, -0.15) is 0 Å². The van der Waals surface area contributed by atoms with E-state index in [1.165, 1.54) is 0 Å². The minimum atomic E-state index is -1.68. The first-order chi connectivity index (χ1) is 10.9. The molecule has 2 atom stereocenters. The molecule has 4 nitrogen and oxygen atoms in total. The standard InChI is InChI=1S/C18H38O4Si2/c1-23(2,3)17(21)13-9-7-11-15(19)16(20)12-8-10-14-18(22)24(4,5)6/h15-16,19-20H,7-14H2,1-6H3. The van der Waals surface area contributed by atoms with Crippen molar-refractivity contribution in [3.63, 3.8) is 0 Å². The van der Waals surface area contributed by atoms with Crippen LogP contribution in [0.5, 0.6) is 0 Å². The third-order valence-electron chi connectivity index (χ3n) is 4.42. The van der Waals surface area contributed by atoms with Crippen molar-refractivity contribution in [3.05, 3.63) is 0 Å². The van der Waals surface area contributed by atoms with Gasteiger partial charge in [0.2, 0.25) is 0 Å². The summed E-state index contributed by atoms with van der Waals surface area (Å²) in [6, 6.07) is 0. The van der Waals surface area contributed by atoms with Crippen LogP contribution in [-0.2, 0) is 9.59 Å². The van der Waals surface area contributed by atoms with E-state index in [1.54, 1.807) is 0 Å². The molecule has 0 aliphatic rings. The maximum atomic E-state index is 11.9. The summed E-state index contributed by atoms with van der Waals surface area (Å²) in [4.78, 5) is 23.7. The van der Waals surface area contributed by atoms with Crippen molar-refractivity contribution in [1.82, 2.24) is 0 Å². The largest absolute Gasteiger partial charge is 0.390 e. The Labute approximate surface area is 150 Å². The third kappa shape index (κ3) is 10.5.